The zero-order chi connectivity index (χ0) is 32.7. The summed E-state index contributed by atoms with van der Waals surface area (Å²) in [5.41, 5.74) is 10.3. The van der Waals surface area contributed by atoms with Crippen LogP contribution in [0.1, 0.15) is 59.7 Å². The van der Waals surface area contributed by atoms with Crippen LogP contribution in [0.2, 0.25) is 0 Å². The van der Waals surface area contributed by atoms with Gasteiger partial charge < -0.3 is 0 Å². The molecule has 0 saturated heterocycles. The first-order valence-electron chi connectivity index (χ1n) is 16.5. The second kappa shape index (κ2) is 12.1. The van der Waals surface area contributed by atoms with Crippen LogP contribution in [0.15, 0.2) is 164 Å². The van der Waals surface area contributed by atoms with Gasteiger partial charge in [-0.2, -0.15) is 0 Å². The average molecular weight is 619 g/mol. The Morgan fingerprint density at radius 2 is 0.979 bits per heavy atom. The Labute approximate surface area is 281 Å². The molecule has 0 spiro atoms. The van der Waals surface area contributed by atoms with E-state index in [0.717, 1.165) is 55.3 Å². The molecule has 0 amide bonds. The zero-order valence-electron chi connectivity index (χ0n) is 26.8. The maximum absolute atomic E-state index is 13.9. The third-order valence-electron chi connectivity index (χ3n) is 9.87. The first kappa shape index (κ1) is 29.5. The lowest BCUT2D eigenvalue weighted by Gasteiger charge is -2.35. The minimum atomic E-state index is -0.773. The molecule has 0 unspecified atom stereocenters. The van der Waals surface area contributed by atoms with Gasteiger partial charge in [0.25, 0.3) is 0 Å². The molecule has 8 rings (SSSR count). The first-order chi connectivity index (χ1) is 23.5. The van der Waals surface area contributed by atoms with Gasteiger partial charge in [-0.05, 0) is 74.3 Å². The fraction of sp³-hybridized carbons (Fsp3) is 0.0870. The van der Waals surface area contributed by atoms with Crippen molar-refractivity contribution in [3.63, 3.8) is 0 Å². The number of hydrogen-bond donors (Lipinski definition) is 0. The minimum Gasteiger partial charge on any atom is -0.294 e. The van der Waals surface area contributed by atoms with E-state index in [2.05, 4.69) is 97.9 Å². The number of carbonyl (C=O) groups is 2. The number of carbonyl (C=O) groups excluding carboxylic acids is 2. The summed E-state index contributed by atoms with van der Waals surface area (Å²) >= 11 is 0. The summed E-state index contributed by atoms with van der Waals surface area (Å²) in [7, 11) is 0. The molecule has 1 aliphatic carbocycles. The number of rotatable bonds is 8. The van der Waals surface area contributed by atoms with E-state index in [-0.39, 0.29) is 11.6 Å². The Morgan fingerprint density at radius 3 is 1.54 bits per heavy atom. The maximum Gasteiger partial charge on any atom is 0.167 e. The van der Waals surface area contributed by atoms with Crippen LogP contribution in [0.3, 0.4) is 0 Å². The highest BCUT2D eigenvalue weighted by Gasteiger charge is 2.47. The molecule has 0 saturated carbocycles. The Morgan fingerprint density at radius 1 is 0.479 bits per heavy atom. The van der Waals surface area contributed by atoms with Crippen molar-refractivity contribution in [1.29, 1.82) is 0 Å². The molecule has 0 heterocycles. The summed E-state index contributed by atoms with van der Waals surface area (Å²) in [4.78, 5) is 27.8. The number of aryl methyl sites for hydroxylation is 1. The third-order valence-corrected chi connectivity index (χ3v) is 9.87. The van der Waals surface area contributed by atoms with E-state index in [0.29, 0.717) is 24.0 Å². The highest BCUT2D eigenvalue weighted by molar-refractivity contribution is 6.03. The van der Waals surface area contributed by atoms with Crippen molar-refractivity contribution in [3.8, 4) is 11.1 Å². The summed E-state index contributed by atoms with van der Waals surface area (Å²) in [6.07, 6.45) is 0.660. The molecule has 48 heavy (non-hydrogen) atoms. The summed E-state index contributed by atoms with van der Waals surface area (Å²) in [5, 5.41) is 2.28. The van der Waals surface area contributed by atoms with Gasteiger partial charge in [0.2, 0.25) is 0 Å². The van der Waals surface area contributed by atoms with Crippen LogP contribution in [0.5, 0.6) is 0 Å². The molecular formula is C46H34O2. The smallest absolute Gasteiger partial charge is 0.167 e. The van der Waals surface area contributed by atoms with E-state index < -0.39 is 5.41 Å². The van der Waals surface area contributed by atoms with Crippen LogP contribution in [0.4, 0.5) is 0 Å². The van der Waals surface area contributed by atoms with Gasteiger partial charge in [0.1, 0.15) is 0 Å². The van der Waals surface area contributed by atoms with E-state index in [1.54, 1.807) is 0 Å². The van der Waals surface area contributed by atoms with Crippen LogP contribution in [0.25, 0.3) is 21.9 Å². The average Bonchev–Trinajstić information content (AvgIpc) is 3.42. The number of Topliss-reactive ketones (excluding diaryl/α,β-unsaturated/α-hetero) is 2. The van der Waals surface area contributed by atoms with Crippen LogP contribution in [-0.2, 0) is 18.3 Å². The lowest BCUT2D eigenvalue weighted by molar-refractivity contribution is 0.0985. The number of fused-ring (bicyclic) bond motifs is 4. The third kappa shape index (κ3) is 4.98. The van der Waals surface area contributed by atoms with E-state index >= 15 is 0 Å². The van der Waals surface area contributed by atoms with Crippen LogP contribution >= 0.6 is 0 Å². The zero-order valence-corrected chi connectivity index (χ0v) is 26.8. The van der Waals surface area contributed by atoms with E-state index in [1.165, 1.54) is 5.56 Å². The quantitative estimate of drug-likeness (QED) is 0.159. The molecule has 0 fully saturated rings. The second-order valence-electron chi connectivity index (χ2n) is 12.8. The largest absolute Gasteiger partial charge is 0.294 e. The van der Waals surface area contributed by atoms with Crippen molar-refractivity contribution < 1.29 is 9.59 Å². The Hall–Kier alpha value is -5.86. The standard InChI is InChI=1S/C46H34O2/c1-31-19-23-37(24-20-31)46(41-18-10-16-34-15-8-9-17-38(34)41)42-29-35(44(47)27-32-11-4-2-5-12-32)21-25-39(42)40-26-22-36(30-43(40)46)45(48)28-33-13-6-3-7-14-33/h2-26,29-30H,27-28H2,1H3. The molecule has 0 aromatic heterocycles. The van der Waals surface area contributed by atoms with E-state index in [9.17, 15) is 9.59 Å². The van der Waals surface area contributed by atoms with Gasteiger partial charge in [-0.1, -0.05) is 157 Å². The predicted molar refractivity (Wildman–Crippen MR) is 195 cm³/mol. The molecule has 7 aromatic carbocycles. The van der Waals surface area contributed by atoms with Crippen molar-refractivity contribution in [3.05, 3.63) is 214 Å². The SMILES string of the molecule is Cc1ccc(C2(c3cccc4ccccc34)c3cc(C(=O)Cc4ccccc4)ccc3-c3ccc(C(=O)Cc4ccccc4)cc32)cc1. The van der Waals surface area contributed by atoms with Crippen molar-refractivity contribution >= 4 is 22.3 Å². The molecule has 7 aromatic rings. The van der Waals surface area contributed by atoms with Gasteiger partial charge in [-0.15, -0.1) is 0 Å². The molecule has 0 aliphatic heterocycles. The molecule has 1 aliphatic rings. The van der Waals surface area contributed by atoms with Gasteiger partial charge in [-0.25, -0.2) is 0 Å². The maximum atomic E-state index is 13.9. The predicted octanol–water partition coefficient (Wildman–Crippen LogP) is 10.4. The second-order valence-corrected chi connectivity index (χ2v) is 12.8. The summed E-state index contributed by atoms with van der Waals surface area (Å²) in [5.74, 6) is 0.156. The van der Waals surface area contributed by atoms with E-state index in [1.807, 2.05) is 72.8 Å². The molecule has 0 radical (unpaired) electrons. The normalized spacial score (nSPS) is 12.8. The van der Waals surface area contributed by atoms with Crippen molar-refractivity contribution in [2.24, 2.45) is 0 Å². The molecule has 230 valence electrons. The van der Waals surface area contributed by atoms with Gasteiger partial charge in [0.15, 0.2) is 11.6 Å². The topological polar surface area (TPSA) is 34.1 Å². The lowest BCUT2D eigenvalue weighted by atomic mass is 9.66. The fourth-order valence-corrected chi connectivity index (χ4v) is 7.55. The lowest BCUT2D eigenvalue weighted by Crippen LogP contribution is -2.29. The fourth-order valence-electron chi connectivity index (χ4n) is 7.55. The van der Waals surface area contributed by atoms with Crippen molar-refractivity contribution in [2.75, 3.05) is 0 Å². The molecule has 0 bridgehead atoms. The number of benzene rings is 7. The number of ketones is 2. The van der Waals surface area contributed by atoms with Gasteiger partial charge in [0.05, 0.1) is 5.41 Å². The van der Waals surface area contributed by atoms with Crippen molar-refractivity contribution in [2.45, 2.75) is 25.2 Å². The molecule has 0 atom stereocenters. The Bertz CT molecular complexity index is 2210. The molecule has 0 N–H and O–H groups in total. The Kier molecular flexibility index (Phi) is 7.42. The highest BCUT2D eigenvalue weighted by Crippen LogP contribution is 2.57. The van der Waals surface area contributed by atoms with E-state index in [4.69, 9.17) is 0 Å². The van der Waals surface area contributed by atoms with Crippen molar-refractivity contribution in [1.82, 2.24) is 0 Å². The highest BCUT2D eigenvalue weighted by atomic mass is 16.1. The van der Waals surface area contributed by atoms with Gasteiger partial charge in [0, 0.05) is 24.0 Å². The van der Waals surface area contributed by atoms with Crippen LogP contribution in [-0.4, -0.2) is 11.6 Å². The van der Waals surface area contributed by atoms with Gasteiger partial charge in [-0.3, -0.25) is 9.59 Å². The molecule has 2 nitrogen and oxygen atoms in total. The summed E-state index contributed by atoms with van der Waals surface area (Å²) < 4.78 is 0. The minimum absolute atomic E-state index is 0.0782. The molecular weight excluding hydrogens is 585 g/mol. The van der Waals surface area contributed by atoms with Gasteiger partial charge >= 0.3 is 0 Å². The summed E-state index contributed by atoms with van der Waals surface area (Å²) in [6, 6.07) is 56.0. The number of hydrogen-bond acceptors (Lipinski definition) is 2. The van der Waals surface area contributed by atoms with Crippen LogP contribution in [0, 0.1) is 6.92 Å². The molecule has 2 heteroatoms. The Balaban J connectivity index is 1.40. The first-order valence-corrected chi connectivity index (χ1v) is 16.5. The monoisotopic (exact) mass is 618 g/mol. The van der Waals surface area contributed by atoms with Crippen LogP contribution < -0.4 is 0 Å². The summed E-state index contributed by atoms with van der Waals surface area (Å²) in [6.45, 7) is 2.10.